The summed E-state index contributed by atoms with van der Waals surface area (Å²) in [5, 5.41) is 10.0. The molecule has 4 nitrogen and oxygen atoms in total. The van der Waals surface area contributed by atoms with Crippen molar-refractivity contribution in [1.29, 1.82) is 0 Å². The summed E-state index contributed by atoms with van der Waals surface area (Å²) in [6, 6.07) is 7.19. The maximum absolute atomic E-state index is 11.5. The largest absolute Gasteiger partial charge is 0.488 e. The van der Waals surface area contributed by atoms with Gasteiger partial charge in [-0.15, -0.1) is 0 Å². The van der Waals surface area contributed by atoms with Crippen LogP contribution in [-0.2, 0) is 0 Å². The number of hydrogen-bond acceptors (Lipinski definition) is 3. The Kier molecular flexibility index (Phi) is 4.00. The van der Waals surface area contributed by atoms with Gasteiger partial charge in [-0.1, -0.05) is 32.0 Å². The molecule has 0 aliphatic carbocycles. The van der Waals surface area contributed by atoms with Crippen molar-refractivity contribution in [2.75, 3.05) is 0 Å². The molecule has 1 aromatic heterocycles. The van der Waals surface area contributed by atoms with E-state index in [2.05, 4.69) is 4.98 Å². The van der Waals surface area contributed by atoms with E-state index in [9.17, 15) is 9.90 Å². The van der Waals surface area contributed by atoms with Gasteiger partial charge in [-0.25, -0.2) is 4.79 Å². The third-order valence-corrected chi connectivity index (χ3v) is 3.16. The maximum atomic E-state index is 11.5. The first-order valence-electron chi connectivity index (χ1n) is 6.45. The Morgan fingerprint density at radius 3 is 2.63 bits per heavy atom. The summed E-state index contributed by atoms with van der Waals surface area (Å²) in [5.41, 5.74) is 0.856. The highest BCUT2D eigenvalue weighted by Crippen LogP contribution is 2.27. The van der Waals surface area contributed by atoms with Gasteiger partial charge in [-0.05, 0) is 18.9 Å². The van der Waals surface area contributed by atoms with E-state index in [4.69, 9.17) is 4.74 Å². The van der Waals surface area contributed by atoms with Crippen molar-refractivity contribution in [2.45, 2.75) is 32.8 Å². The Labute approximate surface area is 112 Å². The molecule has 0 aliphatic rings. The zero-order chi connectivity index (χ0) is 13.8. The van der Waals surface area contributed by atoms with Gasteiger partial charge in [0.2, 0.25) is 0 Å². The second kappa shape index (κ2) is 5.69. The van der Waals surface area contributed by atoms with E-state index >= 15 is 0 Å². The van der Waals surface area contributed by atoms with Gasteiger partial charge in [0.25, 0.3) is 0 Å². The molecule has 0 atom stereocenters. The highest BCUT2D eigenvalue weighted by atomic mass is 16.5. The lowest BCUT2D eigenvalue weighted by Crippen LogP contribution is -2.16. The summed E-state index contributed by atoms with van der Waals surface area (Å²) in [4.78, 5) is 15.7. The van der Waals surface area contributed by atoms with Crippen molar-refractivity contribution >= 4 is 16.9 Å². The van der Waals surface area contributed by atoms with Crippen molar-refractivity contribution in [3.63, 3.8) is 0 Å². The topological polar surface area (TPSA) is 59.4 Å². The van der Waals surface area contributed by atoms with Gasteiger partial charge in [0.05, 0.1) is 17.8 Å². The van der Waals surface area contributed by atoms with Crippen LogP contribution in [0.2, 0.25) is 0 Å². The average Bonchev–Trinajstić information content (AvgIpc) is 2.43. The summed E-state index contributed by atoms with van der Waals surface area (Å²) < 4.78 is 5.77. The van der Waals surface area contributed by atoms with Crippen LogP contribution < -0.4 is 4.74 Å². The minimum atomic E-state index is -0.987. The molecule has 1 N–H and O–H groups in total. The lowest BCUT2D eigenvalue weighted by atomic mass is 10.1. The summed E-state index contributed by atoms with van der Waals surface area (Å²) in [6.07, 6.45) is 3.19. The molecule has 0 amide bonds. The molecule has 2 rings (SSSR count). The van der Waals surface area contributed by atoms with Crippen LogP contribution in [0, 0.1) is 0 Å². The smallest absolute Gasteiger partial charge is 0.340 e. The second-order valence-corrected chi connectivity index (χ2v) is 4.38. The van der Waals surface area contributed by atoms with Gasteiger partial charge in [0, 0.05) is 5.39 Å². The molecule has 0 aliphatic heterocycles. The van der Waals surface area contributed by atoms with Crippen LogP contribution in [0.3, 0.4) is 0 Å². The number of fused-ring (bicyclic) bond motifs is 1. The van der Waals surface area contributed by atoms with Crippen LogP contribution in [0.25, 0.3) is 10.9 Å². The standard InChI is InChI=1S/C15H17NO3/c1-3-10(4-2)19-13-9-16-12-8-6-5-7-11(12)14(13)15(17)18/h5-10H,3-4H2,1-2H3,(H,17,18). The Morgan fingerprint density at radius 2 is 2.00 bits per heavy atom. The minimum absolute atomic E-state index is 0.0149. The fourth-order valence-electron chi connectivity index (χ4n) is 2.07. The number of hydrogen-bond donors (Lipinski definition) is 1. The quantitative estimate of drug-likeness (QED) is 0.892. The first kappa shape index (κ1) is 13.3. The molecular weight excluding hydrogens is 242 g/mol. The first-order valence-corrected chi connectivity index (χ1v) is 6.45. The molecule has 0 spiro atoms. The number of carboxylic acid groups (broad SMARTS) is 1. The predicted octanol–water partition coefficient (Wildman–Crippen LogP) is 3.50. The molecule has 4 heteroatoms. The Bertz CT molecular complexity index is 591. The number of aromatic nitrogens is 1. The highest BCUT2D eigenvalue weighted by Gasteiger charge is 2.18. The SMILES string of the molecule is CCC(CC)Oc1cnc2ccccc2c1C(=O)O. The normalized spacial score (nSPS) is 10.9. The van der Waals surface area contributed by atoms with Crippen LogP contribution in [0.1, 0.15) is 37.0 Å². The molecule has 1 aromatic carbocycles. The van der Waals surface area contributed by atoms with Gasteiger partial charge in [0.15, 0.2) is 5.75 Å². The van der Waals surface area contributed by atoms with Crippen molar-refractivity contribution in [1.82, 2.24) is 4.98 Å². The molecule has 0 radical (unpaired) electrons. The Balaban J connectivity index is 2.54. The van der Waals surface area contributed by atoms with E-state index in [1.165, 1.54) is 6.20 Å². The number of para-hydroxylation sites is 1. The Hall–Kier alpha value is -2.10. The molecule has 1 heterocycles. The predicted molar refractivity (Wildman–Crippen MR) is 73.7 cm³/mol. The number of carbonyl (C=O) groups is 1. The van der Waals surface area contributed by atoms with Gasteiger partial charge in [-0.2, -0.15) is 0 Å². The zero-order valence-corrected chi connectivity index (χ0v) is 11.1. The highest BCUT2D eigenvalue weighted by molar-refractivity contribution is 6.04. The zero-order valence-electron chi connectivity index (χ0n) is 11.1. The van der Waals surface area contributed by atoms with E-state index in [1.54, 1.807) is 18.2 Å². The molecule has 0 bridgehead atoms. The molecule has 2 aromatic rings. The number of benzene rings is 1. The monoisotopic (exact) mass is 259 g/mol. The maximum Gasteiger partial charge on any atom is 0.340 e. The van der Waals surface area contributed by atoms with Gasteiger partial charge < -0.3 is 9.84 Å². The third kappa shape index (κ3) is 2.67. The number of carboxylic acids is 1. The van der Waals surface area contributed by atoms with Gasteiger partial charge >= 0.3 is 5.97 Å². The molecular formula is C15H17NO3. The fraction of sp³-hybridized carbons (Fsp3) is 0.333. The van der Waals surface area contributed by atoms with E-state index in [0.29, 0.717) is 16.7 Å². The average molecular weight is 259 g/mol. The van der Waals surface area contributed by atoms with E-state index in [-0.39, 0.29) is 11.7 Å². The molecule has 100 valence electrons. The lowest BCUT2D eigenvalue weighted by molar-refractivity contribution is 0.0690. The van der Waals surface area contributed by atoms with Gasteiger partial charge in [-0.3, -0.25) is 4.98 Å². The molecule has 0 saturated heterocycles. The molecule has 0 saturated carbocycles. The first-order chi connectivity index (χ1) is 9.17. The number of ether oxygens (including phenoxy) is 1. The summed E-state index contributed by atoms with van der Waals surface area (Å²) in [6.45, 7) is 4.03. The van der Waals surface area contributed by atoms with Crippen LogP contribution >= 0.6 is 0 Å². The second-order valence-electron chi connectivity index (χ2n) is 4.38. The number of aromatic carboxylic acids is 1. The minimum Gasteiger partial charge on any atom is -0.488 e. The summed E-state index contributed by atoms with van der Waals surface area (Å²) in [7, 11) is 0. The summed E-state index contributed by atoms with van der Waals surface area (Å²) >= 11 is 0. The van der Waals surface area contributed by atoms with Gasteiger partial charge in [0.1, 0.15) is 5.56 Å². The Morgan fingerprint density at radius 1 is 1.32 bits per heavy atom. The fourth-order valence-corrected chi connectivity index (χ4v) is 2.07. The lowest BCUT2D eigenvalue weighted by Gasteiger charge is -2.17. The van der Waals surface area contributed by atoms with Crippen LogP contribution in [0.15, 0.2) is 30.5 Å². The molecule has 19 heavy (non-hydrogen) atoms. The molecule has 0 unspecified atom stereocenters. The van der Waals surface area contributed by atoms with Crippen LogP contribution in [-0.4, -0.2) is 22.2 Å². The van der Waals surface area contributed by atoms with Crippen molar-refractivity contribution in [3.8, 4) is 5.75 Å². The van der Waals surface area contributed by atoms with E-state index in [0.717, 1.165) is 12.8 Å². The number of nitrogens with zero attached hydrogens (tertiary/aromatic N) is 1. The van der Waals surface area contributed by atoms with E-state index < -0.39 is 5.97 Å². The van der Waals surface area contributed by atoms with Crippen LogP contribution in [0.4, 0.5) is 0 Å². The van der Waals surface area contributed by atoms with E-state index in [1.807, 2.05) is 19.9 Å². The number of pyridine rings is 1. The van der Waals surface area contributed by atoms with Crippen molar-refractivity contribution in [2.24, 2.45) is 0 Å². The summed E-state index contributed by atoms with van der Waals surface area (Å²) in [5.74, 6) is -0.639. The van der Waals surface area contributed by atoms with Crippen molar-refractivity contribution < 1.29 is 14.6 Å². The number of rotatable bonds is 5. The van der Waals surface area contributed by atoms with Crippen molar-refractivity contribution in [3.05, 3.63) is 36.0 Å². The molecule has 0 fully saturated rings. The third-order valence-electron chi connectivity index (χ3n) is 3.16. The van der Waals surface area contributed by atoms with Crippen LogP contribution in [0.5, 0.6) is 5.75 Å².